The predicted molar refractivity (Wildman–Crippen MR) is 145 cm³/mol. The van der Waals surface area contributed by atoms with Gasteiger partial charge in [0.05, 0.1) is 13.0 Å². The zero-order valence-electron chi connectivity index (χ0n) is 22.0. The fraction of sp³-hybridized carbons (Fsp3) is 0.556. The number of aliphatic carboxylic acids is 1. The Kier molecular flexibility index (Phi) is 9.58. The number of carbonyl (C=O) groups is 1. The molecule has 1 fully saturated rings. The first-order chi connectivity index (χ1) is 18.4. The number of benzene rings is 1. The number of nitrogens with one attached hydrogen (secondary N) is 1. The Balaban J connectivity index is 1.19. The molecule has 1 saturated heterocycles. The number of fused-ring (bicyclic) bond motifs is 1. The number of unbranched alkanes of at least 4 members (excludes halogenated alkanes) is 3. The summed E-state index contributed by atoms with van der Waals surface area (Å²) in [5.74, 6) is 0.114. The zero-order chi connectivity index (χ0) is 26.9. The Labute approximate surface area is 222 Å². The average molecular weight is 527 g/mol. The van der Waals surface area contributed by atoms with Gasteiger partial charge in [-0.15, -0.1) is 0 Å². The summed E-state index contributed by atoms with van der Waals surface area (Å²) in [7, 11) is 0. The van der Waals surface area contributed by atoms with Gasteiger partial charge in [-0.3, -0.25) is 9.36 Å². The minimum absolute atomic E-state index is 0.000857. The first-order valence-corrected chi connectivity index (χ1v) is 13.5. The molecule has 0 atom stereocenters. The Morgan fingerprint density at radius 3 is 2.71 bits per heavy atom. The van der Waals surface area contributed by atoms with E-state index in [0.29, 0.717) is 24.3 Å². The molecule has 1 aromatic carbocycles. The molecular weight excluding hydrogens is 488 g/mol. The number of nitrogens with two attached hydrogens (primary N) is 1. The second kappa shape index (κ2) is 13.3. The molecule has 3 heterocycles. The smallest absolute Gasteiger partial charge is 0.327 e. The van der Waals surface area contributed by atoms with Crippen LogP contribution in [-0.4, -0.2) is 67.8 Å². The van der Waals surface area contributed by atoms with Crippen molar-refractivity contribution in [3.8, 4) is 11.8 Å². The Morgan fingerprint density at radius 2 is 1.95 bits per heavy atom. The maximum absolute atomic E-state index is 12.5. The number of nitrogen functional groups attached to an aromatic ring is 1. The van der Waals surface area contributed by atoms with Gasteiger partial charge in [-0.1, -0.05) is 31.9 Å². The summed E-state index contributed by atoms with van der Waals surface area (Å²) < 4.78 is 13.3. The van der Waals surface area contributed by atoms with Crippen molar-refractivity contribution in [2.45, 2.75) is 70.9 Å². The number of aromatic nitrogens is 4. The normalized spacial score (nSPS) is 14.7. The molecule has 1 aliphatic rings. The summed E-state index contributed by atoms with van der Waals surface area (Å²) in [5.41, 5.74) is 7.49. The molecule has 1 aliphatic heterocycles. The van der Waals surface area contributed by atoms with Crippen molar-refractivity contribution in [2.24, 2.45) is 0 Å². The van der Waals surface area contributed by atoms with Crippen molar-refractivity contribution >= 4 is 23.0 Å². The highest BCUT2D eigenvalue weighted by Gasteiger charge is 2.20. The van der Waals surface area contributed by atoms with E-state index in [2.05, 4.69) is 26.8 Å². The van der Waals surface area contributed by atoms with Gasteiger partial charge in [0.2, 0.25) is 0 Å². The van der Waals surface area contributed by atoms with E-state index in [1.807, 2.05) is 24.3 Å². The molecule has 0 bridgehead atoms. The van der Waals surface area contributed by atoms with Crippen LogP contribution in [0.2, 0.25) is 0 Å². The molecule has 0 spiro atoms. The van der Waals surface area contributed by atoms with E-state index in [1.165, 1.54) is 0 Å². The lowest BCUT2D eigenvalue weighted by Gasteiger charge is -2.32. The molecule has 4 rings (SSSR count). The van der Waals surface area contributed by atoms with Crippen molar-refractivity contribution < 1.29 is 19.4 Å². The number of nitrogens with zero attached hydrogens (tertiary/aromatic N) is 4. The van der Waals surface area contributed by atoms with Gasteiger partial charge in [-0.05, 0) is 56.3 Å². The van der Waals surface area contributed by atoms with Crippen LogP contribution in [0.1, 0.15) is 57.4 Å². The fourth-order valence-corrected chi connectivity index (χ4v) is 4.74. The summed E-state index contributed by atoms with van der Waals surface area (Å²) in [5, 5.41) is 8.99. The quantitative estimate of drug-likeness (QED) is 0.269. The van der Waals surface area contributed by atoms with Crippen LogP contribution < -0.4 is 20.9 Å². The molecule has 4 N–H and O–H groups in total. The van der Waals surface area contributed by atoms with Gasteiger partial charge in [0.1, 0.15) is 17.4 Å². The van der Waals surface area contributed by atoms with E-state index in [0.717, 1.165) is 75.9 Å². The summed E-state index contributed by atoms with van der Waals surface area (Å²) in [6.45, 7) is 6.10. The van der Waals surface area contributed by atoms with Crippen LogP contribution in [0, 0.1) is 0 Å². The number of aromatic amines is 1. The number of hydrogen-bond donors (Lipinski definition) is 3. The Morgan fingerprint density at radius 1 is 1.16 bits per heavy atom. The van der Waals surface area contributed by atoms with Gasteiger partial charge >= 0.3 is 17.7 Å². The summed E-state index contributed by atoms with van der Waals surface area (Å²) >= 11 is 0. The minimum Gasteiger partial charge on any atom is -0.490 e. The van der Waals surface area contributed by atoms with Crippen molar-refractivity contribution in [1.29, 1.82) is 0 Å². The first kappa shape index (κ1) is 27.4. The van der Waals surface area contributed by atoms with Gasteiger partial charge in [-0.25, -0.2) is 4.79 Å². The van der Waals surface area contributed by atoms with E-state index in [4.69, 9.17) is 20.3 Å². The Hall–Kier alpha value is -3.60. The van der Waals surface area contributed by atoms with E-state index in [1.54, 1.807) is 4.57 Å². The van der Waals surface area contributed by atoms with Crippen LogP contribution in [0.5, 0.6) is 11.8 Å². The van der Waals surface area contributed by atoms with Crippen molar-refractivity contribution in [3.63, 3.8) is 0 Å². The monoisotopic (exact) mass is 526 g/mol. The maximum atomic E-state index is 12.5. The second-order valence-electron chi connectivity index (χ2n) is 9.81. The van der Waals surface area contributed by atoms with Gasteiger partial charge in [0.25, 0.3) is 0 Å². The number of rotatable bonds is 14. The number of H-pyrrole nitrogens is 1. The number of hydrogen-bond acceptors (Lipinski definition) is 8. The maximum Gasteiger partial charge on any atom is 0.327 e. The molecule has 0 radical (unpaired) electrons. The third-order valence-electron chi connectivity index (χ3n) is 6.81. The lowest BCUT2D eigenvalue weighted by molar-refractivity contribution is -0.136. The molecular formula is C27H38N6O5. The molecule has 2 aromatic heterocycles. The highest BCUT2D eigenvalue weighted by atomic mass is 16.5. The summed E-state index contributed by atoms with van der Waals surface area (Å²) in [4.78, 5) is 37.3. The van der Waals surface area contributed by atoms with Crippen LogP contribution in [0.4, 0.5) is 5.82 Å². The number of carboxylic acids is 1. The van der Waals surface area contributed by atoms with Crippen LogP contribution >= 0.6 is 0 Å². The van der Waals surface area contributed by atoms with Crippen molar-refractivity contribution in [1.82, 2.24) is 24.4 Å². The number of anilines is 1. The van der Waals surface area contributed by atoms with Crippen LogP contribution in [0.15, 0.2) is 29.1 Å². The van der Waals surface area contributed by atoms with Gasteiger partial charge in [0.15, 0.2) is 11.5 Å². The van der Waals surface area contributed by atoms with E-state index in [-0.39, 0.29) is 30.0 Å². The third kappa shape index (κ3) is 7.47. The zero-order valence-corrected chi connectivity index (χ0v) is 22.0. The Bertz CT molecular complexity index is 1260. The molecule has 11 heteroatoms. The number of carboxylic acid groups (broad SMARTS) is 1. The predicted octanol–water partition coefficient (Wildman–Crippen LogP) is 3.22. The molecule has 0 aliphatic carbocycles. The lowest BCUT2D eigenvalue weighted by Crippen LogP contribution is -2.38. The number of ether oxygens (including phenoxy) is 2. The summed E-state index contributed by atoms with van der Waals surface area (Å²) in [6.07, 6.45) is 6.82. The molecule has 0 amide bonds. The fourth-order valence-electron chi connectivity index (χ4n) is 4.74. The number of likely N-dealkylation sites (tertiary alicyclic amines) is 1. The summed E-state index contributed by atoms with van der Waals surface area (Å²) in [6, 6.07) is 7.56. The second-order valence-corrected chi connectivity index (χ2v) is 9.81. The molecule has 38 heavy (non-hydrogen) atoms. The molecule has 11 nitrogen and oxygen atoms in total. The number of piperidine rings is 1. The highest BCUT2D eigenvalue weighted by Crippen LogP contribution is 2.21. The van der Waals surface area contributed by atoms with Gasteiger partial charge < -0.3 is 30.2 Å². The standard InChI is InChI=1S/C27H38N6O5/c1-2-3-16-37-26-30-24(28)23-25(31-26)33(27(36)29-23)13-6-4-5-12-32-14-10-20(11-15-32)38-21-9-7-8-19(17-21)18-22(34)35/h7-9,17,20H,2-6,10-16,18H2,1H3,(H,29,36)(H,34,35)(H2,28,30,31). The molecule has 0 unspecified atom stereocenters. The van der Waals surface area contributed by atoms with E-state index in [9.17, 15) is 9.59 Å². The minimum atomic E-state index is -0.843. The molecule has 0 saturated carbocycles. The van der Waals surface area contributed by atoms with E-state index >= 15 is 0 Å². The third-order valence-corrected chi connectivity index (χ3v) is 6.81. The topological polar surface area (TPSA) is 149 Å². The molecule has 206 valence electrons. The van der Waals surface area contributed by atoms with Crippen LogP contribution in [0.25, 0.3) is 11.2 Å². The van der Waals surface area contributed by atoms with Gasteiger partial charge in [-0.2, -0.15) is 9.97 Å². The van der Waals surface area contributed by atoms with Gasteiger partial charge in [0, 0.05) is 19.6 Å². The largest absolute Gasteiger partial charge is 0.490 e. The van der Waals surface area contributed by atoms with E-state index < -0.39 is 5.97 Å². The first-order valence-electron chi connectivity index (χ1n) is 13.5. The SMILES string of the molecule is CCCCOc1nc(N)c2[nH]c(=O)n(CCCCCN3CCC(Oc4cccc(CC(=O)O)c4)CC3)c2n1. The van der Waals surface area contributed by atoms with Crippen molar-refractivity contribution in [3.05, 3.63) is 40.3 Å². The van der Waals surface area contributed by atoms with Crippen molar-refractivity contribution in [2.75, 3.05) is 32.0 Å². The number of aryl methyl sites for hydroxylation is 1. The average Bonchev–Trinajstić information content (AvgIpc) is 3.20. The van der Waals surface area contributed by atoms with Crippen LogP contribution in [-0.2, 0) is 17.8 Å². The number of imidazole rings is 1. The lowest BCUT2D eigenvalue weighted by atomic mass is 10.1. The highest BCUT2D eigenvalue weighted by molar-refractivity contribution is 5.81. The van der Waals surface area contributed by atoms with Crippen LogP contribution in [0.3, 0.4) is 0 Å². The molecule has 3 aromatic rings.